The molecule has 0 radical (unpaired) electrons. The van der Waals surface area contributed by atoms with Crippen LogP contribution in [0.4, 0.5) is 10.5 Å². The van der Waals surface area contributed by atoms with E-state index >= 15 is 0 Å². The summed E-state index contributed by atoms with van der Waals surface area (Å²) in [5.74, 6) is -1.72. The predicted octanol–water partition coefficient (Wildman–Crippen LogP) is 3.76. The Balaban J connectivity index is 1.98. The Morgan fingerprint density at radius 1 is 1.14 bits per heavy atom. The topological polar surface area (TPSA) is 130 Å². The number of carboxylic acid groups (broad SMARTS) is 1. The van der Waals surface area contributed by atoms with Crippen LogP contribution in [0.1, 0.15) is 30.9 Å². The lowest BCUT2D eigenvalue weighted by Gasteiger charge is -2.38. The summed E-state index contributed by atoms with van der Waals surface area (Å²) >= 11 is 0. The standard InChI is InChI=1S/C25H27N3O7/c1-16(2)18-8-4-5-9-19(18)23-17(7-6-10-20(23)28(33)34)11-12-22(29)27-14-13-26(25(32)35-3)15-21(27)24(30)31/h4-12,16,21H,13-15H2,1-3H3,(H,30,31)/b12-11+. The highest BCUT2D eigenvalue weighted by atomic mass is 16.6. The van der Waals surface area contributed by atoms with Crippen molar-refractivity contribution in [3.63, 3.8) is 0 Å². The number of ether oxygens (including phenoxy) is 1. The van der Waals surface area contributed by atoms with Gasteiger partial charge in [0.25, 0.3) is 5.69 Å². The van der Waals surface area contributed by atoms with E-state index in [1.165, 1.54) is 30.2 Å². The lowest BCUT2D eigenvalue weighted by atomic mass is 9.89. The van der Waals surface area contributed by atoms with Crippen LogP contribution < -0.4 is 0 Å². The number of amides is 2. The third kappa shape index (κ3) is 5.48. The molecule has 2 aromatic rings. The highest BCUT2D eigenvalue weighted by molar-refractivity contribution is 5.96. The van der Waals surface area contributed by atoms with Crippen molar-refractivity contribution in [2.75, 3.05) is 26.7 Å². The molecule has 0 aromatic heterocycles. The Morgan fingerprint density at radius 3 is 2.49 bits per heavy atom. The normalized spacial score (nSPS) is 15.9. The van der Waals surface area contributed by atoms with E-state index in [4.69, 9.17) is 0 Å². The second-order valence-corrected chi connectivity index (χ2v) is 8.38. The maximum atomic E-state index is 13.0. The van der Waals surface area contributed by atoms with E-state index in [2.05, 4.69) is 4.74 Å². The van der Waals surface area contributed by atoms with Crippen LogP contribution >= 0.6 is 0 Å². The summed E-state index contributed by atoms with van der Waals surface area (Å²) in [5.41, 5.74) is 2.37. The van der Waals surface area contributed by atoms with E-state index < -0.39 is 28.9 Å². The van der Waals surface area contributed by atoms with Crippen molar-refractivity contribution in [1.29, 1.82) is 0 Å². The van der Waals surface area contributed by atoms with Crippen LogP contribution in [0.15, 0.2) is 48.5 Å². The molecule has 10 heteroatoms. The molecular formula is C25H27N3O7. The highest BCUT2D eigenvalue weighted by Gasteiger charge is 2.36. The molecule has 1 fully saturated rings. The van der Waals surface area contributed by atoms with Crippen LogP contribution in [-0.4, -0.2) is 70.6 Å². The molecule has 1 N–H and O–H groups in total. The highest BCUT2D eigenvalue weighted by Crippen LogP contribution is 2.38. The predicted molar refractivity (Wildman–Crippen MR) is 129 cm³/mol. The Kier molecular flexibility index (Phi) is 7.85. The first-order valence-corrected chi connectivity index (χ1v) is 11.1. The third-order valence-electron chi connectivity index (χ3n) is 5.91. The van der Waals surface area contributed by atoms with Gasteiger partial charge in [0.15, 0.2) is 0 Å². The Bertz CT molecular complexity index is 1180. The molecule has 1 aliphatic heterocycles. The number of carbonyl (C=O) groups is 3. The van der Waals surface area contributed by atoms with Crippen molar-refractivity contribution >= 4 is 29.7 Å². The number of hydrogen-bond acceptors (Lipinski definition) is 6. The number of rotatable bonds is 6. The molecule has 0 spiro atoms. The molecule has 0 aliphatic carbocycles. The van der Waals surface area contributed by atoms with E-state index in [9.17, 15) is 29.6 Å². The number of nitro groups is 1. The number of carbonyl (C=O) groups excluding carboxylic acids is 2. The molecule has 1 atom stereocenters. The zero-order chi connectivity index (χ0) is 25.7. The fraction of sp³-hybridized carbons (Fsp3) is 0.320. The van der Waals surface area contributed by atoms with Gasteiger partial charge >= 0.3 is 12.1 Å². The molecule has 1 saturated heterocycles. The zero-order valence-electron chi connectivity index (χ0n) is 19.7. The quantitative estimate of drug-likeness (QED) is 0.378. The average Bonchev–Trinajstić information content (AvgIpc) is 2.85. The SMILES string of the molecule is COC(=O)N1CCN(C(=O)/C=C/c2cccc([N+](=O)[O-])c2-c2ccccc2C(C)C)C(C(=O)O)C1. The van der Waals surface area contributed by atoms with Gasteiger partial charge in [0.1, 0.15) is 6.04 Å². The van der Waals surface area contributed by atoms with Crippen molar-refractivity contribution in [2.45, 2.75) is 25.8 Å². The minimum absolute atomic E-state index is 0.00716. The first kappa shape index (κ1) is 25.4. The number of benzene rings is 2. The summed E-state index contributed by atoms with van der Waals surface area (Å²) in [6.07, 6.45) is 2.02. The van der Waals surface area contributed by atoms with Gasteiger partial charge in [-0.05, 0) is 28.7 Å². The van der Waals surface area contributed by atoms with Gasteiger partial charge in [0, 0.05) is 25.2 Å². The molecule has 184 valence electrons. The van der Waals surface area contributed by atoms with Gasteiger partial charge in [0.2, 0.25) is 5.91 Å². The van der Waals surface area contributed by atoms with Crippen LogP contribution in [0.2, 0.25) is 0 Å². The van der Waals surface area contributed by atoms with Crippen molar-refractivity contribution in [1.82, 2.24) is 9.80 Å². The van der Waals surface area contributed by atoms with Crippen LogP contribution in [0.5, 0.6) is 0 Å². The summed E-state index contributed by atoms with van der Waals surface area (Å²) < 4.78 is 4.65. The van der Waals surface area contributed by atoms with Crippen LogP contribution in [0.25, 0.3) is 17.2 Å². The minimum atomic E-state index is -1.25. The summed E-state index contributed by atoms with van der Waals surface area (Å²) in [4.78, 5) is 50.3. The molecule has 1 heterocycles. The van der Waals surface area contributed by atoms with Gasteiger partial charge in [-0.15, -0.1) is 0 Å². The number of nitrogens with zero attached hydrogens (tertiary/aromatic N) is 3. The van der Waals surface area contributed by atoms with Crippen LogP contribution in [0, 0.1) is 10.1 Å². The number of methoxy groups -OCH3 is 1. The summed E-state index contributed by atoms with van der Waals surface area (Å²) in [6, 6.07) is 10.8. The summed E-state index contributed by atoms with van der Waals surface area (Å²) in [5, 5.41) is 21.5. The zero-order valence-corrected chi connectivity index (χ0v) is 19.7. The van der Waals surface area contributed by atoms with E-state index in [1.807, 2.05) is 32.0 Å². The summed E-state index contributed by atoms with van der Waals surface area (Å²) in [7, 11) is 1.20. The minimum Gasteiger partial charge on any atom is -0.480 e. The Morgan fingerprint density at radius 2 is 1.86 bits per heavy atom. The molecule has 2 amide bonds. The number of carboxylic acids is 1. The van der Waals surface area contributed by atoms with Crippen molar-refractivity contribution in [3.8, 4) is 11.1 Å². The largest absolute Gasteiger partial charge is 0.480 e. The maximum absolute atomic E-state index is 13.0. The van der Waals surface area contributed by atoms with E-state index in [-0.39, 0.29) is 31.2 Å². The maximum Gasteiger partial charge on any atom is 0.409 e. The molecule has 3 rings (SSSR count). The fourth-order valence-electron chi connectivity index (χ4n) is 4.18. The number of nitro benzene ring substituents is 1. The lowest BCUT2D eigenvalue weighted by molar-refractivity contribution is -0.384. The molecule has 2 aromatic carbocycles. The number of piperazine rings is 1. The molecule has 35 heavy (non-hydrogen) atoms. The van der Waals surface area contributed by atoms with Crippen molar-refractivity contribution < 1.29 is 29.2 Å². The Labute approximate surface area is 202 Å². The van der Waals surface area contributed by atoms with E-state index in [0.717, 1.165) is 10.5 Å². The smallest absolute Gasteiger partial charge is 0.409 e. The van der Waals surface area contributed by atoms with Gasteiger partial charge < -0.3 is 19.6 Å². The molecule has 10 nitrogen and oxygen atoms in total. The lowest BCUT2D eigenvalue weighted by Crippen LogP contribution is -2.59. The first-order chi connectivity index (χ1) is 16.6. The van der Waals surface area contributed by atoms with Crippen LogP contribution in [-0.2, 0) is 14.3 Å². The second-order valence-electron chi connectivity index (χ2n) is 8.38. The third-order valence-corrected chi connectivity index (χ3v) is 5.91. The first-order valence-electron chi connectivity index (χ1n) is 11.1. The van der Waals surface area contributed by atoms with Gasteiger partial charge in [-0.1, -0.05) is 50.2 Å². The summed E-state index contributed by atoms with van der Waals surface area (Å²) in [6.45, 7) is 3.91. The van der Waals surface area contributed by atoms with Crippen molar-refractivity contribution in [2.24, 2.45) is 0 Å². The van der Waals surface area contributed by atoms with E-state index in [0.29, 0.717) is 16.7 Å². The average molecular weight is 482 g/mol. The molecule has 0 saturated carbocycles. The van der Waals surface area contributed by atoms with Gasteiger partial charge in [-0.3, -0.25) is 14.9 Å². The molecule has 0 bridgehead atoms. The molecule has 1 aliphatic rings. The Hall–Kier alpha value is -4.21. The van der Waals surface area contributed by atoms with Crippen molar-refractivity contribution in [3.05, 3.63) is 69.8 Å². The van der Waals surface area contributed by atoms with Gasteiger partial charge in [-0.2, -0.15) is 0 Å². The number of hydrogen-bond donors (Lipinski definition) is 1. The fourth-order valence-corrected chi connectivity index (χ4v) is 4.18. The molecular weight excluding hydrogens is 454 g/mol. The van der Waals surface area contributed by atoms with Crippen LogP contribution in [0.3, 0.4) is 0 Å². The van der Waals surface area contributed by atoms with Gasteiger partial charge in [-0.25, -0.2) is 9.59 Å². The van der Waals surface area contributed by atoms with Gasteiger partial charge in [0.05, 0.1) is 24.1 Å². The molecule has 1 unspecified atom stereocenters. The second kappa shape index (κ2) is 10.8. The number of aliphatic carboxylic acids is 1. The van der Waals surface area contributed by atoms with E-state index in [1.54, 1.807) is 18.2 Å². The monoisotopic (exact) mass is 481 g/mol.